The second-order valence-electron chi connectivity index (χ2n) is 4.70. The van der Waals surface area contributed by atoms with Crippen molar-refractivity contribution < 1.29 is 9.13 Å². The highest BCUT2D eigenvalue weighted by Crippen LogP contribution is 2.28. The molecule has 0 unspecified atom stereocenters. The zero-order chi connectivity index (χ0) is 10.9. The zero-order valence-corrected chi connectivity index (χ0v) is 10.0. The van der Waals surface area contributed by atoms with Crippen molar-refractivity contribution in [1.82, 2.24) is 0 Å². The van der Waals surface area contributed by atoms with Crippen LogP contribution in [0.2, 0.25) is 0 Å². The van der Waals surface area contributed by atoms with Crippen molar-refractivity contribution in [2.75, 3.05) is 13.3 Å². The molecule has 1 rings (SSSR count). The molecule has 0 saturated heterocycles. The first-order chi connectivity index (χ1) is 7.36. The van der Waals surface area contributed by atoms with E-state index >= 15 is 0 Å². The molecule has 90 valence electrons. The Morgan fingerprint density at radius 3 is 2.47 bits per heavy atom. The molecule has 0 aliphatic heterocycles. The Labute approximate surface area is 93.4 Å². The van der Waals surface area contributed by atoms with E-state index in [1.165, 1.54) is 32.1 Å². The quantitative estimate of drug-likeness (QED) is 0.582. The van der Waals surface area contributed by atoms with Gasteiger partial charge < -0.3 is 4.74 Å². The number of halogens is 1. The van der Waals surface area contributed by atoms with E-state index < -0.39 is 0 Å². The molecule has 1 saturated carbocycles. The van der Waals surface area contributed by atoms with Crippen LogP contribution in [0.25, 0.3) is 0 Å². The van der Waals surface area contributed by atoms with Crippen molar-refractivity contribution in [1.29, 1.82) is 0 Å². The van der Waals surface area contributed by atoms with Gasteiger partial charge in [-0.15, -0.1) is 0 Å². The summed E-state index contributed by atoms with van der Waals surface area (Å²) in [6, 6.07) is 0. The van der Waals surface area contributed by atoms with E-state index in [9.17, 15) is 4.39 Å². The van der Waals surface area contributed by atoms with Crippen LogP contribution in [0.3, 0.4) is 0 Å². The fourth-order valence-corrected chi connectivity index (χ4v) is 2.34. The summed E-state index contributed by atoms with van der Waals surface area (Å²) >= 11 is 0. The highest BCUT2D eigenvalue weighted by molar-refractivity contribution is 4.72. The smallest absolute Gasteiger partial charge is 0.0897 e. The maximum Gasteiger partial charge on any atom is 0.0897 e. The third kappa shape index (κ3) is 5.50. The lowest BCUT2D eigenvalue weighted by Crippen LogP contribution is -2.22. The van der Waals surface area contributed by atoms with Gasteiger partial charge in [-0.05, 0) is 44.4 Å². The van der Waals surface area contributed by atoms with Crippen LogP contribution < -0.4 is 0 Å². The number of unbranched alkanes of at least 4 members (excludes halogenated alkanes) is 2. The summed E-state index contributed by atoms with van der Waals surface area (Å²) in [6.45, 7) is 2.99. The predicted octanol–water partition coefficient (Wildman–Crippen LogP) is 4.11. The van der Waals surface area contributed by atoms with E-state index in [4.69, 9.17) is 4.74 Å². The number of ether oxygens (including phenoxy) is 1. The van der Waals surface area contributed by atoms with E-state index in [2.05, 4.69) is 6.92 Å². The summed E-state index contributed by atoms with van der Waals surface area (Å²) < 4.78 is 17.9. The zero-order valence-electron chi connectivity index (χ0n) is 10.0. The summed E-state index contributed by atoms with van der Waals surface area (Å²) in [4.78, 5) is 0. The maximum absolute atomic E-state index is 12.1. The summed E-state index contributed by atoms with van der Waals surface area (Å²) in [5.41, 5.74) is 0. The van der Waals surface area contributed by atoms with Gasteiger partial charge in [-0.1, -0.05) is 19.8 Å². The Hall–Kier alpha value is -0.110. The lowest BCUT2D eigenvalue weighted by molar-refractivity contribution is 0.0148. The molecule has 0 amide bonds. The number of rotatable bonds is 7. The largest absolute Gasteiger partial charge is 0.378 e. The molecule has 1 aliphatic carbocycles. The molecule has 0 aromatic rings. The van der Waals surface area contributed by atoms with E-state index in [1.807, 2.05) is 0 Å². The van der Waals surface area contributed by atoms with Crippen LogP contribution in [0, 0.1) is 5.92 Å². The average Bonchev–Trinajstić information content (AvgIpc) is 2.27. The van der Waals surface area contributed by atoms with E-state index in [0.717, 1.165) is 25.9 Å². The number of hydrogen-bond acceptors (Lipinski definition) is 1. The van der Waals surface area contributed by atoms with Gasteiger partial charge in [0, 0.05) is 6.61 Å². The molecule has 0 radical (unpaired) electrons. The van der Waals surface area contributed by atoms with Gasteiger partial charge in [0.2, 0.25) is 0 Å². The van der Waals surface area contributed by atoms with Gasteiger partial charge in [0.25, 0.3) is 0 Å². The van der Waals surface area contributed by atoms with E-state index in [-0.39, 0.29) is 6.67 Å². The first-order valence-electron chi connectivity index (χ1n) is 6.54. The summed E-state index contributed by atoms with van der Waals surface area (Å²) in [6.07, 6.45) is 9.60. The minimum Gasteiger partial charge on any atom is -0.378 e. The molecule has 0 atom stereocenters. The summed E-state index contributed by atoms with van der Waals surface area (Å²) in [5, 5.41) is 0. The second-order valence-corrected chi connectivity index (χ2v) is 4.70. The Morgan fingerprint density at radius 1 is 1.13 bits per heavy atom. The van der Waals surface area contributed by atoms with Gasteiger partial charge in [0.05, 0.1) is 12.8 Å². The first kappa shape index (κ1) is 13.0. The maximum atomic E-state index is 12.1. The molecule has 0 N–H and O–H groups in total. The monoisotopic (exact) mass is 216 g/mol. The fraction of sp³-hybridized carbons (Fsp3) is 1.00. The lowest BCUT2D eigenvalue weighted by atomic mass is 9.85. The molecule has 0 aromatic carbocycles. The topological polar surface area (TPSA) is 9.23 Å². The normalized spacial score (nSPS) is 26.8. The molecular formula is C13H25FO. The Morgan fingerprint density at radius 2 is 1.87 bits per heavy atom. The van der Waals surface area contributed by atoms with Crippen molar-refractivity contribution >= 4 is 0 Å². The van der Waals surface area contributed by atoms with Crippen LogP contribution in [-0.2, 0) is 4.74 Å². The standard InChI is InChI=1S/C13H25FO/c1-2-3-4-11-15-13-7-5-12(6-8-13)9-10-14/h12-13H,2-11H2,1H3. The van der Waals surface area contributed by atoms with Crippen molar-refractivity contribution in [3.05, 3.63) is 0 Å². The predicted molar refractivity (Wildman–Crippen MR) is 61.8 cm³/mol. The van der Waals surface area contributed by atoms with Crippen LogP contribution in [0.15, 0.2) is 0 Å². The van der Waals surface area contributed by atoms with Crippen LogP contribution >= 0.6 is 0 Å². The Balaban J connectivity index is 1.99. The molecule has 0 spiro atoms. The average molecular weight is 216 g/mol. The first-order valence-corrected chi connectivity index (χ1v) is 6.54. The molecular weight excluding hydrogens is 191 g/mol. The molecule has 1 nitrogen and oxygen atoms in total. The Kier molecular flexibility index (Phi) is 6.99. The fourth-order valence-electron chi connectivity index (χ4n) is 2.34. The molecule has 1 fully saturated rings. The van der Waals surface area contributed by atoms with Crippen molar-refractivity contribution in [3.8, 4) is 0 Å². The van der Waals surface area contributed by atoms with Crippen LogP contribution in [0.4, 0.5) is 4.39 Å². The number of hydrogen-bond donors (Lipinski definition) is 0. The van der Waals surface area contributed by atoms with E-state index in [0.29, 0.717) is 12.0 Å². The van der Waals surface area contributed by atoms with Crippen molar-refractivity contribution in [3.63, 3.8) is 0 Å². The molecule has 1 aliphatic rings. The van der Waals surface area contributed by atoms with Crippen LogP contribution in [-0.4, -0.2) is 19.4 Å². The number of alkyl halides is 1. The highest BCUT2D eigenvalue weighted by atomic mass is 19.1. The molecule has 15 heavy (non-hydrogen) atoms. The van der Waals surface area contributed by atoms with E-state index in [1.54, 1.807) is 0 Å². The van der Waals surface area contributed by atoms with Gasteiger partial charge in [0.15, 0.2) is 0 Å². The van der Waals surface area contributed by atoms with Gasteiger partial charge in [-0.25, -0.2) is 0 Å². The molecule has 2 heteroatoms. The SMILES string of the molecule is CCCCCOC1CCC(CCF)CC1. The van der Waals surface area contributed by atoms with Gasteiger partial charge in [-0.2, -0.15) is 0 Å². The third-order valence-corrected chi connectivity index (χ3v) is 3.41. The minimum absolute atomic E-state index is 0.146. The summed E-state index contributed by atoms with van der Waals surface area (Å²) in [5.74, 6) is 0.630. The van der Waals surface area contributed by atoms with Crippen LogP contribution in [0.5, 0.6) is 0 Å². The van der Waals surface area contributed by atoms with Gasteiger partial charge in [-0.3, -0.25) is 4.39 Å². The summed E-state index contributed by atoms with van der Waals surface area (Å²) in [7, 11) is 0. The van der Waals surface area contributed by atoms with Gasteiger partial charge >= 0.3 is 0 Å². The highest BCUT2D eigenvalue weighted by Gasteiger charge is 2.20. The van der Waals surface area contributed by atoms with Crippen molar-refractivity contribution in [2.45, 2.75) is 64.4 Å². The van der Waals surface area contributed by atoms with Gasteiger partial charge in [0.1, 0.15) is 0 Å². The van der Waals surface area contributed by atoms with Crippen LogP contribution in [0.1, 0.15) is 58.3 Å². The molecule has 0 aromatic heterocycles. The third-order valence-electron chi connectivity index (χ3n) is 3.41. The minimum atomic E-state index is -0.146. The lowest BCUT2D eigenvalue weighted by Gasteiger charge is -2.28. The molecule has 0 bridgehead atoms. The second kappa shape index (κ2) is 8.09. The Bertz CT molecular complexity index is 139. The molecule has 0 heterocycles. The van der Waals surface area contributed by atoms with Crippen molar-refractivity contribution in [2.24, 2.45) is 5.92 Å².